The minimum Gasteiger partial charge on any atom is -0.322 e. The van der Waals surface area contributed by atoms with Crippen LogP contribution in [0.3, 0.4) is 0 Å². The van der Waals surface area contributed by atoms with E-state index in [2.05, 4.69) is 37.2 Å². The second-order valence-corrected chi connectivity index (χ2v) is 6.47. The van der Waals surface area contributed by atoms with Gasteiger partial charge in [-0.25, -0.2) is 0 Å². The number of anilines is 1. The summed E-state index contributed by atoms with van der Waals surface area (Å²) in [5.74, 6) is -0.269. The Bertz CT molecular complexity index is 606. The molecule has 2 aromatic carbocycles. The van der Waals surface area contributed by atoms with Gasteiger partial charge in [-0.3, -0.25) is 4.79 Å². The number of carbonyl (C=O) groups excluding carboxylic acids is 1. The molecule has 0 aromatic heterocycles. The van der Waals surface area contributed by atoms with Gasteiger partial charge in [-0.2, -0.15) is 0 Å². The molecule has 0 atom stereocenters. The third-order valence-corrected chi connectivity index (χ3v) is 3.60. The van der Waals surface area contributed by atoms with Crippen LogP contribution in [0, 0.1) is 0 Å². The van der Waals surface area contributed by atoms with Crippen molar-refractivity contribution in [2.45, 2.75) is 0 Å². The highest BCUT2D eigenvalue weighted by molar-refractivity contribution is 9.11. The molecule has 1 N–H and O–H groups in total. The third kappa shape index (κ3) is 4.21. The normalized spacial score (nSPS) is 10.3. The third-order valence-electron chi connectivity index (χ3n) is 2.25. The molecule has 0 heterocycles. The highest BCUT2D eigenvalue weighted by Crippen LogP contribution is 2.24. The molecule has 0 saturated carbocycles. The van der Waals surface area contributed by atoms with E-state index in [1.54, 1.807) is 30.3 Å². The van der Waals surface area contributed by atoms with Crippen molar-refractivity contribution in [2.24, 2.45) is 0 Å². The lowest BCUT2D eigenvalue weighted by molar-refractivity contribution is 0.102. The summed E-state index contributed by atoms with van der Waals surface area (Å²) in [4.78, 5) is 12.1. The van der Waals surface area contributed by atoms with Gasteiger partial charge in [0.15, 0.2) is 0 Å². The minimum absolute atomic E-state index is 0.269. The van der Waals surface area contributed by atoms with Crippen molar-refractivity contribution in [3.63, 3.8) is 0 Å². The van der Waals surface area contributed by atoms with Crippen molar-refractivity contribution in [3.8, 4) is 0 Å². The first kappa shape index (κ1) is 14.9. The van der Waals surface area contributed by atoms with Crippen LogP contribution in [0.15, 0.2) is 45.3 Å². The lowest BCUT2D eigenvalue weighted by atomic mass is 10.2. The Morgan fingerprint density at radius 1 is 0.895 bits per heavy atom. The maximum Gasteiger partial charge on any atom is 0.255 e. The molecular weight excluding hydrogens is 417 g/mol. The monoisotopic (exact) mass is 421 g/mol. The number of carbonyl (C=O) groups is 1. The highest BCUT2D eigenvalue weighted by atomic mass is 79.9. The second kappa shape index (κ2) is 6.27. The predicted octanol–water partition coefficient (Wildman–Crippen LogP) is 5.77. The van der Waals surface area contributed by atoms with Crippen LogP contribution in [0.25, 0.3) is 0 Å². The van der Waals surface area contributed by atoms with E-state index in [0.29, 0.717) is 21.3 Å². The summed E-state index contributed by atoms with van der Waals surface area (Å²) in [5.41, 5.74) is 1.08. The fourth-order valence-electron chi connectivity index (χ4n) is 1.51. The van der Waals surface area contributed by atoms with Crippen molar-refractivity contribution in [1.29, 1.82) is 0 Å². The average Bonchev–Trinajstić information content (AvgIpc) is 2.25. The highest BCUT2D eigenvalue weighted by Gasteiger charge is 2.09. The summed E-state index contributed by atoms with van der Waals surface area (Å²) in [7, 11) is 0. The first-order valence-corrected chi connectivity index (χ1v) is 7.52. The van der Waals surface area contributed by atoms with Gasteiger partial charge in [0, 0.05) is 30.2 Å². The standard InChI is InChI=1S/C13H7Br2Cl2NO/c14-8-3-9(15)5-12(4-8)18-13(19)7-1-10(16)6-11(17)2-7/h1-6H,(H,18,19). The van der Waals surface area contributed by atoms with Gasteiger partial charge in [0.05, 0.1) is 0 Å². The Morgan fingerprint density at radius 2 is 1.42 bits per heavy atom. The molecule has 0 fully saturated rings. The molecule has 0 unspecified atom stereocenters. The summed E-state index contributed by atoms with van der Waals surface area (Å²) in [5, 5.41) is 3.63. The van der Waals surface area contributed by atoms with Gasteiger partial charge in [-0.1, -0.05) is 55.1 Å². The van der Waals surface area contributed by atoms with Crippen molar-refractivity contribution in [3.05, 3.63) is 61.0 Å². The summed E-state index contributed by atoms with van der Waals surface area (Å²) < 4.78 is 1.72. The van der Waals surface area contributed by atoms with Gasteiger partial charge >= 0.3 is 0 Å². The van der Waals surface area contributed by atoms with E-state index in [-0.39, 0.29) is 5.91 Å². The van der Waals surface area contributed by atoms with Gasteiger partial charge in [0.1, 0.15) is 0 Å². The van der Waals surface area contributed by atoms with Crippen molar-refractivity contribution < 1.29 is 4.79 Å². The maximum atomic E-state index is 12.1. The van der Waals surface area contributed by atoms with Crippen molar-refractivity contribution in [1.82, 2.24) is 0 Å². The predicted molar refractivity (Wildman–Crippen MR) is 86.3 cm³/mol. The first-order valence-electron chi connectivity index (χ1n) is 5.17. The molecule has 0 bridgehead atoms. The van der Waals surface area contributed by atoms with Crippen LogP contribution in [0.5, 0.6) is 0 Å². The number of nitrogens with one attached hydrogen (secondary N) is 1. The Balaban J connectivity index is 2.25. The molecule has 2 rings (SSSR count). The number of amides is 1. The topological polar surface area (TPSA) is 29.1 Å². The Morgan fingerprint density at radius 3 is 1.95 bits per heavy atom. The second-order valence-electron chi connectivity index (χ2n) is 3.77. The van der Waals surface area contributed by atoms with E-state index in [4.69, 9.17) is 23.2 Å². The molecule has 98 valence electrons. The van der Waals surface area contributed by atoms with Crippen LogP contribution in [-0.2, 0) is 0 Å². The molecule has 0 aliphatic carbocycles. The smallest absolute Gasteiger partial charge is 0.255 e. The lowest BCUT2D eigenvalue weighted by Gasteiger charge is -2.07. The molecule has 1 amide bonds. The Hall–Kier alpha value is -0.550. The Labute approximate surface area is 137 Å². The largest absolute Gasteiger partial charge is 0.322 e. The van der Waals surface area contributed by atoms with E-state index in [1.807, 2.05) is 6.07 Å². The van der Waals surface area contributed by atoms with Gasteiger partial charge in [0.2, 0.25) is 0 Å². The zero-order valence-corrected chi connectivity index (χ0v) is 14.1. The van der Waals surface area contributed by atoms with Crippen LogP contribution < -0.4 is 5.32 Å². The van der Waals surface area contributed by atoms with Gasteiger partial charge in [-0.05, 0) is 36.4 Å². The van der Waals surface area contributed by atoms with Crippen LogP contribution in [0.2, 0.25) is 10.0 Å². The number of benzene rings is 2. The molecule has 0 aliphatic heterocycles. The maximum absolute atomic E-state index is 12.1. The molecule has 6 heteroatoms. The van der Waals surface area contributed by atoms with E-state index in [0.717, 1.165) is 8.95 Å². The summed E-state index contributed by atoms with van der Waals surface area (Å²) in [6.07, 6.45) is 0. The SMILES string of the molecule is O=C(Nc1cc(Br)cc(Br)c1)c1cc(Cl)cc(Cl)c1. The van der Waals surface area contributed by atoms with E-state index < -0.39 is 0 Å². The summed E-state index contributed by atoms with van der Waals surface area (Å²) in [6.45, 7) is 0. The molecule has 2 aromatic rings. The van der Waals surface area contributed by atoms with Gasteiger partial charge < -0.3 is 5.32 Å². The number of hydrogen-bond acceptors (Lipinski definition) is 1. The first-order chi connectivity index (χ1) is 8.94. The van der Waals surface area contributed by atoms with Crippen LogP contribution in [0.1, 0.15) is 10.4 Å². The molecular formula is C13H7Br2Cl2NO. The van der Waals surface area contributed by atoms with Crippen molar-refractivity contribution in [2.75, 3.05) is 5.32 Å². The summed E-state index contributed by atoms with van der Waals surface area (Å²) in [6, 6.07) is 10.2. The van der Waals surface area contributed by atoms with Crippen molar-refractivity contribution >= 4 is 66.7 Å². The molecule has 0 saturated heterocycles. The fraction of sp³-hybridized carbons (Fsp3) is 0. The lowest BCUT2D eigenvalue weighted by Crippen LogP contribution is -2.11. The number of halogens is 4. The van der Waals surface area contributed by atoms with Crippen LogP contribution in [0.4, 0.5) is 5.69 Å². The minimum atomic E-state index is -0.269. The summed E-state index contributed by atoms with van der Waals surface area (Å²) >= 11 is 18.5. The van der Waals surface area contributed by atoms with E-state index in [1.165, 1.54) is 0 Å². The van der Waals surface area contributed by atoms with Gasteiger partial charge in [0.25, 0.3) is 5.91 Å². The molecule has 0 aliphatic rings. The quantitative estimate of drug-likeness (QED) is 0.652. The van der Waals surface area contributed by atoms with Crippen LogP contribution >= 0.6 is 55.1 Å². The van der Waals surface area contributed by atoms with Gasteiger partial charge in [-0.15, -0.1) is 0 Å². The fourth-order valence-corrected chi connectivity index (χ4v) is 3.33. The average molecular weight is 424 g/mol. The number of rotatable bonds is 2. The zero-order chi connectivity index (χ0) is 14.0. The Kier molecular flexibility index (Phi) is 4.90. The molecule has 0 radical (unpaired) electrons. The number of hydrogen-bond donors (Lipinski definition) is 1. The van der Waals surface area contributed by atoms with Crippen LogP contribution in [-0.4, -0.2) is 5.91 Å². The molecule has 19 heavy (non-hydrogen) atoms. The molecule has 2 nitrogen and oxygen atoms in total. The van der Waals surface area contributed by atoms with E-state index in [9.17, 15) is 4.79 Å². The molecule has 0 spiro atoms. The zero-order valence-electron chi connectivity index (χ0n) is 9.38. The van der Waals surface area contributed by atoms with E-state index >= 15 is 0 Å².